The standard InChI is InChI=1S/C18H18N2OS/c1-13-11-15-5-3-4-6-17(15)20-18(13)19-12-14-7-9-16(10-8-14)22(2)21/h3-11H,12H2,1-2H3,(H,19,20). The lowest BCUT2D eigenvalue weighted by molar-refractivity contribution is 0.687. The topological polar surface area (TPSA) is 42.0 Å². The quantitative estimate of drug-likeness (QED) is 0.795. The summed E-state index contributed by atoms with van der Waals surface area (Å²) in [6, 6.07) is 18.1. The highest BCUT2D eigenvalue weighted by Crippen LogP contribution is 2.20. The van der Waals surface area contributed by atoms with Gasteiger partial charge in [0.15, 0.2) is 0 Å². The van der Waals surface area contributed by atoms with Gasteiger partial charge in [0.05, 0.1) is 5.52 Å². The first kappa shape index (κ1) is 14.7. The first-order chi connectivity index (χ1) is 10.6. The molecule has 2 aromatic carbocycles. The van der Waals surface area contributed by atoms with Gasteiger partial charge in [-0.3, -0.25) is 4.21 Å². The molecule has 0 radical (unpaired) electrons. The van der Waals surface area contributed by atoms with E-state index in [2.05, 4.69) is 29.4 Å². The number of nitrogens with zero attached hydrogens (tertiary/aromatic N) is 1. The van der Waals surface area contributed by atoms with Gasteiger partial charge < -0.3 is 5.32 Å². The Morgan fingerprint density at radius 2 is 1.82 bits per heavy atom. The van der Waals surface area contributed by atoms with E-state index in [1.54, 1.807) is 6.26 Å². The average molecular weight is 310 g/mol. The van der Waals surface area contributed by atoms with Gasteiger partial charge in [0.25, 0.3) is 0 Å². The first-order valence-corrected chi connectivity index (χ1v) is 8.72. The molecule has 0 aliphatic carbocycles. The molecule has 0 bridgehead atoms. The van der Waals surface area contributed by atoms with Gasteiger partial charge in [0.2, 0.25) is 0 Å². The number of fused-ring (bicyclic) bond motifs is 1. The molecule has 0 fully saturated rings. The second-order valence-electron chi connectivity index (χ2n) is 5.30. The minimum atomic E-state index is -0.929. The van der Waals surface area contributed by atoms with E-state index in [1.807, 2.05) is 42.5 Å². The smallest absolute Gasteiger partial charge is 0.129 e. The van der Waals surface area contributed by atoms with Crippen LogP contribution in [0.1, 0.15) is 11.1 Å². The molecule has 0 spiro atoms. The van der Waals surface area contributed by atoms with Crippen LogP contribution in [0.2, 0.25) is 0 Å². The Labute approximate surface area is 132 Å². The van der Waals surface area contributed by atoms with Crippen LogP contribution in [-0.2, 0) is 17.3 Å². The molecule has 3 aromatic rings. The van der Waals surface area contributed by atoms with Crippen molar-refractivity contribution in [3.8, 4) is 0 Å². The van der Waals surface area contributed by atoms with Crippen molar-refractivity contribution in [2.45, 2.75) is 18.4 Å². The highest BCUT2D eigenvalue weighted by molar-refractivity contribution is 7.84. The Kier molecular flexibility index (Phi) is 4.20. The summed E-state index contributed by atoms with van der Waals surface area (Å²) < 4.78 is 11.4. The van der Waals surface area contributed by atoms with E-state index in [1.165, 1.54) is 0 Å². The Morgan fingerprint density at radius 3 is 2.55 bits per heavy atom. The zero-order valence-electron chi connectivity index (χ0n) is 12.7. The van der Waals surface area contributed by atoms with Crippen molar-refractivity contribution in [2.24, 2.45) is 0 Å². The summed E-state index contributed by atoms with van der Waals surface area (Å²) in [4.78, 5) is 5.53. The fraction of sp³-hybridized carbons (Fsp3) is 0.167. The molecule has 0 saturated carbocycles. The van der Waals surface area contributed by atoms with Crippen molar-refractivity contribution in [2.75, 3.05) is 11.6 Å². The fourth-order valence-corrected chi connectivity index (χ4v) is 2.90. The Morgan fingerprint density at radius 1 is 1.09 bits per heavy atom. The van der Waals surface area contributed by atoms with E-state index in [0.717, 1.165) is 32.7 Å². The number of rotatable bonds is 4. The van der Waals surface area contributed by atoms with Crippen molar-refractivity contribution >= 4 is 27.5 Å². The number of pyridine rings is 1. The van der Waals surface area contributed by atoms with Gasteiger partial charge in [0.1, 0.15) is 5.82 Å². The van der Waals surface area contributed by atoms with Gasteiger partial charge in [-0.2, -0.15) is 0 Å². The van der Waals surface area contributed by atoms with E-state index in [4.69, 9.17) is 0 Å². The largest absolute Gasteiger partial charge is 0.366 e. The molecule has 4 heteroatoms. The number of nitrogens with one attached hydrogen (secondary N) is 1. The number of benzene rings is 2. The third-order valence-corrected chi connectivity index (χ3v) is 4.57. The van der Waals surface area contributed by atoms with E-state index >= 15 is 0 Å². The zero-order chi connectivity index (χ0) is 15.5. The molecular formula is C18H18N2OS. The predicted octanol–water partition coefficient (Wildman–Crippen LogP) is 3.89. The molecule has 3 nitrogen and oxygen atoms in total. The van der Waals surface area contributed by atoms with E-state index in [0.29, 0.717) is 6.54 Å². The molecule has 1 atom stereocenters. The van der Waals surface area contributed by atoms with Crippen molar-refractivity contribution in [1.29, 1.82) is 0 Å². The molecule has 1 aromatic heterocycles. The van der Waals surface area contributed by atoms with Crippen LogP contribution >= 0.6 is 0 Å². The summed E-state index contributed by atoms with van der Waals surface area (Å²) >= 11 is 0. The van der Waals surface area contributed by atoms with Crippen LogP contribution in [0.25, 0.3) is 10.9 Å². The first-order valence-electron chi connectivity index (χ1n) is 7.16. The van der Waals surface area contributed by atoms with Crippen LogP contribution in [0.4, 0.5) is 5.82 Å². The van der Waals surface area contributed by atoms with Crippen LogP contribution in [0.15, 0.2) is 59.5 Å². The predicted molar refractivity (Wildman–Crippen MR) is 92.6 cm³/mol. The zero-order valence-corrected chi connectivity index (χ0v) is 13.5. The molecular weight excluding hydrogens is 292 g/mol. The van der Waals surface area contributed by atoms with Crippen molar-refractivity contribution in [3.63, 3.8) is 0 Å². The molecule has 22 heavy (non-hydrogen) atoms. The minimum Gasteiger partial charge on any atom is -0.366 e. The third-order valence-electron chi connectivity index (χ3n) is 3.63. The maximum atomic E-state index is 11.4. The average Bonchev–Trinajstić information content (AvgIpc) is 2.53. The van der Waals surface area contributed by atoms with Gasteiger partial charge in [-0.05, 0) is 42.3 Å². The Bertz CT molecular complexity index is 828. The lowest BCUT2D eigenvalue weighted by Crippen LogP contribution is -2.03. The highest BCUT2D eigenvalue weighted by Gasteiger charge is 2.03. The van der Waals surface area contributed by atoms with E-state index in [-0.39, 0.29) is 0 Å². The van der Waals surface area contributed by atoms with Crippen LogP contribution in [0, 0.1) is 6.92 Å². The molecule has 3 rings (SSSR count). The molecule has 1 unspecified atom stereocenters. The molecule has 1 N–H and O–H groups in total. The maximum absolute atomic E-state index is 11.4. The van der Waals surface area contributed by atoms with Crippen molar-refractivity contribution in [1.82, 2.24) is 4.98 Å². The summed E-state index contributed by atoms with van der Waals surface area (Å²) in [6.07, 6.45) is 1.69. The lowest BCUT2D eigenvalue weighted by Gasteiger charge is -2.10. The monoisotopic (exact) mass is 310 g/mol. The number of hydrogen-bond donors (Lipinski definition) is 1. The van der Waals surface area contributed by atoms with Crippen LogP contribution < -0.4 is 5.32 Å². The normalized spacial score (nSPS) is 12.3. The SMILES string of the molecule is Cc1cc2ccccc2nc1NCc1ccc(S(C)=O)cc1. The number of anilines is 1. The van der Waals surface area contributed by atoms with Gasteiger partial charge in [-0.1, -0.05) is 30.3 Å². The van der Waals surface area contributed by atoms with Crippen LogP contribution in [-0.4, -0.2) is 15.4 Å². The summed E-state index contributed by atoms with van der Waals surface area (Å²) in [5.41, 5.74) is 3.26. The molecule has 1 heterocycles. The third kappa shape index (κ3) is 3.17. The second-order valence-corrected chi connectivity index (χ2v) is 6.68. The van der Waals surface area contributed by atoms with Crippen molar-refractivity contribution < 1.29 is 4.21 Å². The van der Waals surface area contributed by atoms with Crippen LogP contribution in [0.3, 0.4) is 0 Å². The molecule has 0 aliphatic heterocycles. The minimum absolute atomic E-state index is 0.697. The van der Waals surface area contributed by atoms with Gasteiger partial charge in [-0.15, -0.1) is 0 Å². The number of hydrogen-bond acceptors (Lipinski definition) is 3. The van der Waals surface area contributed by atoms with E-state index in [9.17, 15) is 4.21 Å². The molecule has 0 amide bonds. The molecule has 0 saturated heterocycles. The highest BCUT2D eigenvalue weighted by atomic mass is 32.2. The summed E-state index contributed by atoms with van der Waals surface area (Å²) in [5, 5.41) is 4.54. The maximum Gasteiger partial charge on any atom is 0.129 e. The summed E-state index contributed by atoms with van der Waals surface area (Å²) in [6.45, 7) is 2.76. The van der Waals surface area contributed by atoms with Crippen LogP contribution in [0.5, 0.6) is 0 Å². The van der Waals surface area contributed by atoms with Gasteiger partial charge in [0, 0.05) is 33.9 Å². The van der Waals surface area contributed by atoms with Gasteiger partial charge >= 0.3 is 0 Å². The second kappa shape index (κ2) is 6.28. The molecule has 0 aliphatic rings. The Balaban J connectivity index is 1.78. The molecule has 112 valence electrons. The lowest BCUT2D eigenvalue weighted by atomic mass is 10.1. The van der Waals surface area contributed by atoms with Gasteiger partial charge in [-0.25, -0.2) is 4.98 Å². The fourth-order valence-electron chi connectivity index (χ4n) is 2.39. The number of aryl methyl sites for hydroxylation is 1. The number of aromatic nitrogens is 1. The number of para-hydroxylation sites is 1. The summed E-state index contributed by atoms with van der Waals surface area (Å²) in [7, 11) is -0.929. The summed E-state index contributed by atoms with van der Waals surface area (Å²) in [5.74, 6) is 0.904. The van der Waals surface area contributed by atoms with E-state index < -0.39 is 10.8 Å². The van der Waals surface area contributed by atoms with Crippen molar-refractivity contribution in [3.05, 3.63) is 65.7 Å². The Hall–Kier alpha value is -2.20.